The second-order valence-electron chi connectivity index (χ2n) is 4.27. The number of rotatable bonds is 4. The van der Waals surface area contributed by atoms with Gasteiger partial charge < -0.3 is 4.57 Å². The maximum absolute atomic E-state index is 6.17. The van der Waals surface area contributed by atoms with Crippen LogP contribution in [-0.4, -0.2) is 24.5 Å². The molecule has 2 heterocycles. The minimum atomic E-state index is 0.496. The summed E-state index contributed by atoms with van der Waals surface area (Å²) in [4.78, 5) is 3.99. The number of aryl methyl sites for hydroxylation is 2. The molecular formula is C13H11Cl2N5. The summed E-state index contributed by atoms with van der Waals surface area (Å²) in [5, 5.41) is 9.23. The maximum Gasteiger partial charge on any atom is 0.114 e. The van der Waals surface area contributed by atoms with E-state index in [9.17, 15) is 0 Å². The molecule has 0 N–H and O–H groups in total. The molecule has 102 valence electrons. The number of imidazole rings is 1. The van der Waals surface area contributed by atoms with Gasteiger partial charge in [0.05, 0.1) is 29.1 Å². The smallest absolute Gasteiger partial charge is 0.114 e. The van der Waals surface area contributed by atoms with Gasteiger partial charge in [-0.1, -0.05) is 40.5 Å². The van der Waals surface area contributed by atoms with E-state index in [0.717, 1.165) is 12.1 Å². The average molecular weight is 308 g/mol. The summed E-state index contributed by atoms with van der Waals surface area (Å²) in [5.41, 5.74) is 1.50. The lowest BCUT2D eigenvalue weighted by molar-refractivity contribution is 0.519. The Bertz CT molecular complexity index is 705. The Morgan fingerprint density at radius 1 is 1.15 bits per heavy atom. The standard InChI is InChI=1S/C13H11Cl2N5/c14-11-3-1-2-10(13(11)15)12-8-20(18-17-12)7-6-19-5-4-16-9-19/h1-5,8-9H,6-7H2. The van der Waals surface area contributed by atoms with Gasteiger partial charge in [-0.3, -0.25) is 4.68 Å². The average Bonchev–Trinajstić information content (AvgIpc) is 3.10. The molecule has 0 radical (unpaired) electrons. The Kier molecular flexibility index (Phi) is 3.71. The predicted molar refractivity (Wildman–Crippen MR) is 77.7 cm³/mol. The number of nitrogens with zero attached hydrogens (tertiary/aromatic N) is 5. The zero-order valence-corrected chi connectivity index (χ0v) is 12.0. The summed E-state index contributed by atoms with van der Waals surface area (Å²) < 4.78 is 3.75. The van der Waals surface area contributed by atoms with Gasteiger partial charge in [0.2, 0.25) is 0 Å². The topological polar surface area (TPSA) is 48.5 Å². The van der Waals surface area contributed by atoms with Crippen LogP contribution in [0, 0.1) is 0 Å². The van der Waals surface area contributed by atoms with Crippen molar-refractivity contribution >= 4 is 23.2 Å². The predicted octanol–water partition coefficient (Wildman–Crippen LogP) is 3.15. The van der Waals surface area contributed by atoms with Crippen LogP contribution in [0.4, 0.5) is 0 Å². The molecule has 0 amide bonds. The van der Waals surface area contributed by atoms with Crippen LogP contribution >= 0.6 is 23.2 Å². The van der Waals surface area contributed by atoms with Crippen molar-refractivity contribution in [2.75, 3.05) is 0 Å². The van der Waals surface area contributed by atoms with Crippen LogP contribution < -0.4 is 0 Å². The summed E-state index contributed by atoms with van der Waals surface area (Å²) in [7, 11) is 0. The van der Waals surface area contributed by atoms with Crippen LogP contribution in [0.3, 0.4) is 0 Å². The van der Waals surface area contributed by atoms with Crippen molar-refractivity contribution in [1.82, 2.24) is 24.5 Å². The molecule has 1 aromatic carbocycles. The molecule has 3 rings (SSSR count). The summed E-state index contributed by atoms with van der Waals surface area (Å²) >= 11 is 12.2. The molecule has 2 aromatic heterocycles. The van der Waals surface area contributed by atoms with Gasteiger partial charge in [0.15, 0.2) is 0 Å². The van der Waals surface area contributed by atoms with Crippen molar-refractivity contribution in [3.8, 4) is 11.3 Å². The second-order valence-corrected chi connectivity index (χ2v) is 5.05. The molecular weight excluding hydrogens is 297 g/mol. The molecule has 0 saturated heterocycles. The SMILES string of the molecule is Clc1cccc(-c2cn(CCn3ccnc3)nn2)c1Cl. The lowest BCUT2D eigenvalue weighted by Gasteiger charge is -2.02. The van der Waals surface area contributed by atoms with Crippen molar-refractivity contribution in [3.63, 3.8) is 0 Å². The van der Waals surface area contributed by atoms with Gasteiger partial charge in [0, 0.05) is 24.5 Å². The van der Waals surface area contributed by atoms with Gasteiger partial charge in [-0.2, -0.15) is 0 Å². The minimum Gasteiger partial charge on any atom is -0.336 e. The number of hydrogen-bond acceptors (Lipinski definition) is 3. The summed E-state index contributed by atoms with van der Waals surface area (Å²) in [5.74, 6) is 0. The van der Waals surface area contributed by atoms with Gasteiger partial charge in [-0.05, 0) is 6.07 Å². The Morgan fingerprint density at radius 3 is 2.85 bits per heavy atom. The molecule has 0 aliphatic carbocycles. The minimum absolute atomic E-state index is 0.496. The van der Waals surface area contributed by atoms with Crippen LogP contribution in [0.1, 0.15) is 0 Å². The molecule has 7 heteroatoms. The zero-order chi connectivity index (χ0) is 13.9. The van der Waals surface area contributed by atoms with Crippen molar-refractivity contribution in [2.45, 2.75) is 13.1 Å². The largest absolute Gasteiger partial charge is 0.336 e. The van der Waals surface area contributed by atoms with Crippen molar-refractivity contribution in [3.05, 3.63) is 53.2 Å². The Morgan fingerprint density at radius 2 is 2.05 bits per heavy atom. The molecule has 0 aliphatic heterocycles. The molecule has 0 bridgehead atoms. The van der Waals surface area contributed by atoms with E-state index in [1.807, 2.05) is 29.1 Å². The fourth-order valence-corrected chi connectivity index (χ4v) is 2.27. The maximum atomic E-state index is 6.17. The van der Waals surface area contributed by atoms with E-state index in [0.29, 0.717) is 22.3 Å². The first-order valence-electron chi connectivity index (χ1n) is 6.04. The van der Waals surface area contributed by atoms with Crippen LogP contribution in [0.15, 0.2) is 43.1 Å². The van der Waals surface area contributed by atoms with Gasteiger partial charge in [0.1, 0.15) is 5.69 Å². The van der Waals surface area contributed by atoms with Crippen LogP contribution in [-0.2, 0) is 13.1 Å². The fourth-order valence-electron chi connectivity index (χ4n) is 1.87. The third kappa shape index (κ3) is 2.69. The van der Waals surface area contributed by atoms with E-state index in [2.05, 4.69) is 15.3 Å². The highest BCUT2D eigenvalue weighted by molar-refractivity contribution is 6.43. The molecule has 0 saturated carbocycles. The lowest BCUT2D eigenvalue weighted by atomic mass is 10.2. The molecule has 0 aliphatic rings. The highest BCUT2D eigenvalue weighted by atomic mass is 35.5. The Balaban J connectivity index is 1.78. The van der Waals surface area contributed by atoms with E-state index in [1.165, 1.54) is 0 Å². The molecule has 0 unspecified atom stereocenters. The number of benzene rings is 1. The quantitative estimate of drug-likeness (QED) is 0.744. The zero-order valence-electron chi connectivity index (χ0n) is 10.4. The highest BCUT2D eigenvalue weighted by Gasteiger charge is 2.10. The van der Waals surface area contributed by atoms with E-state index in [1.54, 1.807) is 23.3 Å². The van der Waals surface area contributed by atoms with Gasteiger partial charge >= 0.3 is 0 Å². The van der Waals surface area contributed by atoms with E-state index in [4.69, 9.17) is 23.2 Å². The fraction of sp³-hybridized carbons (Fsp3) is 0.154. The first kappa shape index (κ1) is 13.1. The monoisotopic (exact) mass is 307 g/mol. The summed E-state index contributed by atoms with van der Waals surface area (Å²) in [6.45, 7) is 1.49. The van der Waals surface area contributed by atoms with E-state index in [-0.39, 0.29) is 0 Å². The third-order valence-corrected chi connectivity index (χ3v) is 3.73. The Hall–Kier alpha value is -1.85. The van der Waals surface area contributed by atoms with E-state index < -0.39 is 0 Å². The normalized spacial score (nSPS) is 10.9. The van der Waals surface area contributed by atoms with Gasteiger partial charge in [-0.25, -0.2) is 4.98 Å². The molecule has 5 nitrogen and oxygen atoms in total. The molecule has 0 atom stereocenters. The van der Waals surface area contributed by atoms with Crippen molar-refractivity contribution < 1.29 is 0 Å². The molecule has 0 fully saturated rings. The number of aromatic nitrogens is 5. The lowest BCUT2D eigenvalue weighted by Crippen LogP contribution is -2.06. The summed E-state index contributed by atoms with van der Waals surface area (Å²) in [6.07, 6.45) is 7.28. The molecule has 20 heavy (non-hydrogen) atoms. The number of hydrogen-bond donors (Lipinski definition) is 0. The highest BCUT2D eigenvalue weighted by Crippen LogP contribution is 2.31. The molecule has 3 aromatic rings. The molecule has 0 spiro atoms. The Labute approximate surface area is 125 Å². The van der Waals surface area contributed by atoms with Crippen LogP contribution in [0.5, 0.6) is 0 Å². The number of halogens is 2. The second kappa shape index (κ2) is 5.64. The van der Waals surface area contributed by atoms with Crippen molar-refractivity contribution in [2.24, 2.45) is 0 Å². The first-order chi connectivity index (χ1) is 9.74. The summed E-state index contributed by atoms with van der Waals surface area (Å²) in [6, 6.07) is 5.46. The van der Waals surface area contributed by atoms with Gasteiger partial charge in [-0.15, -0.1) is 5.10 Å². The van der Waals surface area contributed by atoms with Crippen LogP contribution in [0.25, 0.3) is 11.3 Å². The van der Waals surface area contributed by atoms with E-state index >= 15 is 0 Å². The van der Waals surface area contributed by atoms with Crippen molar-refractivity contribution in [1.29, 1.82) is 0 Å². The first-order valence-corrected chi connectivity index (χ1v) is 6.80. The van der Waals surface area contributed by atoms with Gasteiger partial charge in [0.25, 0.3) is 0 Å². The van der Waals surface area contributed by atoms with Crippen LogP contribution in [0.2, 0.25) is 10.0 Å². The third-order valence-electron chi connectivity index (χ3n) is 2.91.